The number of carbonyl (C=O) groups excluding carboxylic acids is 1. The molecule has 2 aromatic heterocycles. The summed E-state index contributed by atoms with van der Waals surface area (Å²) in [5.74, 6) is 0.187. The van der Waals surface area contributed by atoms with Gasteiger partial charge in [-0.25, -0.2) is 9.79 Å². The molecule has 6 nitrogen and oxygen atoms in total. The number of ether oxygens (including phenoxy) is 2. The van der Waals surface area contributed by atoms with E-state index in [4.69, 9.17) is 14.5 Å². The lowest BCUT2D eigenvalue weighted by molar-refractivity contribution is -0.138. The molecule has 0 bridgehead atoms. The molecule has 0 spiro atoms. The summed E-state index contributed by atoms with van der Waals surface area (Å²) in [6.45, 7) is 1.97. The smallest absolute Gasteiger partial charge is 0.338 e. The number of hydrogen-bond acceptors (Lipinski definition) is 7. The molecular formula is C27H22N2O4S2. The topological polar surface area (TPSA) is 69.9 Å². The highest BCUT2D eigenvalue weighted by Gasteiger charge is 2.35. The molecule has 0 radical (unpaired) electrons. The van der Waals surface area contributed by atoms with Crippen molar-refractivity contribution >= 4 is 40.4 Å². The van der Waals surface area contributed by atoms with Gasteiger partial charge in [-0.2, -0.15) is 11.3 Å². The summed E-state index contributed by atoms with van der Waals surface area (Å²) < 4.78 is 13.0. The number of methoxy groups -OCH3 is 1. The van der Waals surface area contributed by atoms with E-state index >= 15 is 0 Å². The molecule has 3 heterocycles. The van der Waals surface area contributed by atoms with Crippen LogP contribution in [0.3, 0.4) is 0 Å². The highest BCUT2D eigenvalue weighted by molar-refractivity contribution is 7.08. The molecule has 1 unspecified atom stereocenters. The summed E-state index contributed by atoms with van der Waals surface area (Å²) in [5.41, 5.74) is 3.14. The van der Waals surface area contributed by atoms with Gasteiger partial charge >= 0.3 is 5.97 Å². The molecule has 0 saturated carbocycles. The van der Waals surface area contributed by atoms with Crippen molar-refractivity contribution in [3.8, 4) is 5.75 Å². The van der Waals surface area contributed by atoms with Crippen LogP contribution in [0.5, 0.6) is 5.75 Å². The second kappa shape index (κ2) is 9.85. The van der Waals surface area contributed by atoms with Crippen molar-refractivity contribution in [2.75, 3.05) is 13.7 Å². The third-order valence-electron chi connectivity index (χ3n) is 5.65. The van der Waals surface area contributed by atoms with Crippen LogP contribution in [0.4, 0.5) is 0 Å². The summed E-state index contributed by atoms with van der Waals surface area (Å²) in [7, 11) is 1.60. The van der Waals surface area contributed by atoms with E-state index in [1.165, 1.54) is 11.3 Å². The van der Waals surface area contributed by atoms with Gasteiger partial charge in [0.05, 0.1) is 35.6 Å². The summed E-state index contributed by atoms with van der Waals surface area (Å²) in [4.78, 5) is 32.5. The Kier molecular flexibility index (Phi) is 6.48. The molecule has 4 aromatic rings. The zero-order chi connectivity index (χ0) is 24.4. The fraction of sp³-hybridized carbons (Fsp3) is 0.148. The number of thiophene rings is 1. The van der Waals surface area contributed by atoms with Gasteiger partial charge in [0.15, 0.2) is 4.80 Å². The fourth-order valence-electron chi connectivity index (χ4n) is 4.05. The molecule has 2 aromatic carbocycles. The number of fused-ring (bicyclic) bond motifs is 1. The molecule has 0 saturated heterocycles. The van der Waals surface area contributed by atoms with Gasteiger partial charge in [0.1, 0.15) is 5.75 Å². The van der Waals surface area contributed by atoms with E-state index in [9.17, 15) is 9.59 Å². The molecule has 1 aliphatic heterocycles. The first kappa shape index (κ1) is 23.0. The Morgan fingerprint density at radius 1 is 1.11 bits per heavy atom. The van der Waals surface area contributed by atoms with Gasteiger partial charge in [0.2, 0.25) is 0 Å². The number of carbonyl (C=O) groups is 1. The Hall–Kier alpha value is -3.75. The Morgan fingerprint density at radius 3 is 2.54 bits per heavy atom. The standard InChI is InChI=1S/C27H22N2O4S2/c1-3-33-26(31)22-23(18-7-5-4-6-8-18)28-27-29(24(22)19-9-11-20(32-2)12-10-19)25(30)21(35-27)15-17-13-14-34-16-17/h4-16,24H,3H2,1-2H3/b21-15-. The number of nitrogens with zero attached hydrogens (tertiary/aromatic N) is 2. The summed E-state index contributed by atoms with van der Waals surface area (Å²) in [5, 5.41) is 3.95. The summed E-state index contributed by atoms with van der Waals surface area (Å²) in [6, 6.07) is 18.2. The second-order valence-corrected chi connectivity index (χ2v) is 9.55. The van der Waals surface area contributed by atoms with E-state index in [-0.39, 0.29) is 12.2 Å². The minimum Gasteiger partial charge on any atom is -0.497 e. The monoisotopic (exact) mass is 502 g/mol. The van der Waals surface area contributed by atoms with Crippen LogP contribution in [0.25, 0.3) is 11.8 Å². The number of aromatic nitrogens is 1. The zero-order valence-electron chi connectivity index (χ0n) is 19.1. The van der Waals surface area contributed by atoms with Gasteiger partial charge < -0.3 is 9.47 Å². The molecule has 5 rings (SSSR count). The van der Waals surface area contributed by atoms with E-state index in [1.54, 1.807) is 29.9 Å². The second-order valence-electron chi connectivity index (χ2n) is 7.76. The van der Waals surface area contributed by atoms with Gasteiger partial charge in [-0.15, -0.1) is 0 Å². The van der Waals surface area contributed by atoms with Crippen LogP contribution in [0.2, 0.25) is 0 Å². The molecule has 0 amide bonds. The molecule has 35 heavy (non-hydrogen) atoms. The quantitative estimate of drug-likeness (QED) is 0.374. The lowest BCUT2D eigenvalue weighted by Gasteiger charge is -2.26. The number of hydrogen-bond donors (Lipinski definition) is 0. The van der Waals surface area contributed by atoms with Gasteiger partial charge in [0, 0.05) is 5.56 Å². The average Bonchev–Trinajstić information content (AvgIpc) is 3.51. The average molecular weight is 503 g/mol. The van der Waals surface area contributed by atoms with Gasteiger partial charge in [-0.1, -0.05) is 53.8 Å². The Labute approximate surface area is 209 Å². The van der Waals surface area contributed by atoms with Gasteiger partial charge in [-0.3, -0.25) is 9.36 Å². The molecule has 1 atom stereocenters. The lowest BCUT2D eigenvalue weighted by atomic mass is 9.93. The van der Waals surface area contributed by atoms with Crippen LogP contribution in [0, 0.1) is 0 Å². The highest BCUT2D eigenvalue weighted by atomic mass is 32.1. The molecule has 0 fully saturated rings. The van der Waals surface area contributed by atoms with Crippen molar-refractivity contribution < 1.29 is 14.3 Å². The first-order chi connectivity index (χ1) is 17.1. The minimum atomic E-state index is -0.698. The molecule has 1 aliphatic rings. The van der Waals surface area contributed by atoms with E-state index < -0.39 is 12.0 Å². The normalized spacial score (nSPS) is 15.5. The fourth-order valence-corrected chi connectivity index (χ4v) is 5.67. The van der Waals surface area contributed by atoms with Crippen LogP contribution in [0.1, 0.15) is 29.7 Å². The molecule has 0 aliphatic carbocycles. The zero-order valence-corrected chi connectivity index (χ0v) is 20.8. The van der Waals surface area contributed by atoms with Crippen molar-refractivity contribution in [1.82, 2.24) is 4.57 Å². The highest BCUT2D eigenvalue weighted by Crippen LogP contribution is 2.35. The number of rotatable bonds is 6. The van der Waals surface area contributed by atoms with E-state index in [1.807, 2.05) is 77.5 Å². The Bertz CT molecular complexity index is 1560. The Morgan fingerprint density at radius 2 is 1.89 bits per heavy atom. The molecule has 176 valence electrons. The third kappa shape index (κ3) is 4.38. The van der Waals surface area contributed by atoms with Crippen molar-refractivity contribution in [3.63, 3.8) is 0 Å². The first-order valence-corrected chi connectivity index (χ1v) is 12.8. The number of benzene rings is 2. The van der Waals surface area contributed by atoms with Crippen LogP contribution in [-0.4, -0.2) is 24.3 Å². The predicted octanol–water partition coefficient (Wildman–Crippen LogP) is 4.01. The van der Waals surface area contributed by atoms with E-state index in [0.717, 1.165) is 16.7 Å². The molecule has 0 N–H and O–H groups in total. The van der Waals surface area contributed by atoms with Crippen LogP contribution < -0.4 is 19.6 Å². The maximum absolute atomic E-state index is 13.7. The van der Waals surface area contributed by atoms with Crippen molar-refractivity contribution in [2.45, 2.75) is 13.0 Å². The third-order valence-corrected chi connectivity index (χ3v) is 7.33. The SMILES string of the molecule is CCOC(=O)C1=C(c2ccccc2)N=c2s/c(=C\c3ccsc3)c(=O)n2C1c1ccc(OC)cc1. The lowest BCUT2D eigenvalue weighted by Crippen LogP contribution is -2.40. The Balaban J connectivity index is 1.83. The summed E-state index contributed by atoms with van der Waals surface area (Å²) in [6.07, 6.45) is 1.86. The largest absolute Gasteiger partial charge is 0.497 e. The predicted molar refractivity (Wildman–Crippen MR) is 138 cm³/mol. The van der Waals surface area contributed by atoms with Crippen molar-refractivity contribution in [3.05, 3.63) is 113 Å². The van der Waals surface area contributed by atoms with Crippen molar-refractivity contribution in [1.29, 1.82) is 0 Å². The number of thiazole rings is 1. The maximum Gasteiger partial charge on any atom is 0.338 e. The van der Waals surface area contributed by atoms with Crippen LogP contribution >= 0.6 is 22.7 Å². The minimum absolute atomic E-state index is 0.199. The van der Waals surface area contributed by atoms with Crippen LogP contribution in [0.15, 0.2) is 86.8 Å². The molecular weight excluding hydrogens is 480 g/mol. The maximum atomic E-state index is 13.7. The first-order valence-electron chi connectivity index (χ1n) is 11.1. The van der Waals surface area contributed by atoms with E-state index in [0.29, 0.717) is 26.4 Å². The van der Waals surface area contributed by atoms with E-state index in [2.05, 4.69) is 0 Å². The molecule has 8 heteroatoms. The van der Waals surface area contributed by atoms with Crippen LogP contribution in [-0.2, 0) is 9.53 Å². The van der Waals surface area contributed by atoms with Gasteiger partial charge in [0.25, 0.3) is 5.56 Å². The number of esters is 1. The summed E-state index contributed by atoms with van der Waals surface area (Å²) >= 11 is 2.88. The van der Waals surface area contributed by atoms with Crippen molar-refractivity contribution in [2.24, 2.45) is 4.99 Å². The van der Waals surface area contributed by atoms with Gasteiger partial charge in [-0.05, 0) is 53.1 Å².